The van der Waals surface area contributed by atoms with Crippen LogP contribution in [0.1, 0.15) is 34.1 Å². The molecule has 1 heteroatoms. The lowest BCUT2D eigenvalue weighted by Crippen LogP contribution is -2.05. The molecule has 96 valence electrons. The van der Waals surface area contributed by atoms with Gasteiger partial charge in [-0.2, -0.15) is 0 Å². The van der Waals surface area contributed by atoms with Crippen molar-refractivity contribution in [2.24, 2.45) is 5.41 Å². The average Bonchev–Trinajstić information content (AvgIpc) is 2.81. The maximum absolute atomic E-state index is 2.43. The summed E-state index contributed by atoms with van der Waals surface area (Å²) in [6.07, 6.45) is 10.7. The van der Waals surface area contributed by atoms with Gasteiger partial charge in [0.2, 0.25) is 0 Å². The molecule has 18 heavy (non-hydrogen) atoms. The van der Waals surface area contributed by atoms with Crippen molar-refractivity contribution in [1.82, 2.24) is 0 Å². The molecular weight excluding hydrogens is 232 g/mol. The molecule has 0 unspecified atom stereocenters. The second-order valence-corrected chi connectivity index (χ2v) is 9.20. The highest BCUT2D eigenvalue weighted by molar-refractivity contribution is 6.73. The highest BCUT2D eigenvalue weighted by Crippen LogP contribution is 2.37. The molecule has 2 rings (SSSR count). The van der Waals surface area contributed by atoms with Crippen LogP contribution in [0.5, 0.6) is 0 Å². The minimum atomic E-state index is -0.328. The van der Waals surface area contributed by atoms with Gasteiger partial charge in [0, 0.05) is 8.41 Å². The van der Waals surface area contributed by atoms with Crippen LogP contribution in [0.25, 0.3) is 0 Å². The molecule has 0 spiro atoms. The Morgan fingerprint density at radius 3 is 2.17 bits per heavy atom. The third-order valence-corrected chi connectivity index (χ3v) is 5.20. The third kappa shape index (κ3) is 2.56. The summed E-state index contributed by atoms with van der Waals surface area (Å²) in [6, 6.07) is 0. The highest BCUT2D eigenvalue weighted by atomic mass is 28.2. The molecule has 0 saturated carbocycles. The minimum absolute atomic E-state index is 0.273. The SMILES string of the molecule is CC1=CC(=[Si](C)C)C=C1C1=CC(C(C)(C)C)=CC1. The van der Waals surface area contributed by atoms with E-state index in [1.165, 1.54) is 22.3 Å². The van der Waals surface area contributed by atoms with Gasteiger partial charge < -0.3 is 0 Å². The van der Waals surface area contributed by atoms with E-state index in [-0.39, 0.29) is 13.8 Å². The molecule has 0 aromatic rings. The molecule has 2 aliphatic carbocycles. The Morgan fingerprint density at radius 1 is 1.06 bits per heavy atom. The summed E-state index contributed by atoms with van der Waals surface area (Å²) in [5.41, 5.74) is 6.19. The Labute approximate surface area is 113 Å². The molecule has 0 heterocycles. The van der Waals surface area contributed by atoms with Gasteiger partial charge in [-0.05, 0) is 46.2 Å². The fourth-order valence-electron chi connectivity index (χ4n) is 2.49. The van der Waals surface area contributed by atoms with Crippen LogP contribution < -0.4 is 0 Å². The fraction of sp³-hybridized carbons (Fsp3) is 0.471. The number of allylic oxidation sites excluding steroid dienone is 8. The van der Waals surface area contributed by atoms with E-state index in [4.69, 9.17) is 0 Å². The van der Waals surface area contributed by atoms with Crippen molar-refractivity contribution in [3.05, 3.63) is 46.6 Å². The Kier molecular flexibility index (Phi) is 3.46. The molecule has 0 N–H and O–H groups in total. The van der Waals surface area contributed by atoms with Crippen LogP contribution >= 0.6 is 0 Å². The van der Waals surface area contributed by atoms with Gasteiger partial charge in [-0.25, -0.2) is 0 Å². The molecular formula is C17H24Si. The summed E-state index contributed by atoms with van der Waals surface area (Å²) in [6.45, 7) is 13.9. The van der Waals surface area contributed by atoms with E-state index in [1.54, 1.807) is 5.17 Å². The van der Waals surface area contributed by atoms with Gasteiger partial charge in [-0.1, -0.05) is 58.2 Å². The Hall–Kier alpha value is -0.953. The molecule has 2 aliphatic rings. The molecule has 0 aromatic heterocycles. The van der Waals surface area contributed by atoms with Crippen molar-refractivity contribution in [2.45, 2.75) is 47.2 Å². The summed E-state index contributed by atoms with van der Waals surface area (Å²) in [5, 5.41) is 1.57. The molecule has 0 aromatic carbocycles. The number of hydrogen-bond donors (Lipinski definition) is 0. The van der Waals surface area contributed by atoms with Crippen LogP contribution in [0.15, 0.2) is 46.6 Å². The lowest BCUT2D eigenvalue weighted by molar-refractivity contribution is 0.518. The summed E-state index contributed by atoms with van der Waals surface area (Å²) >= 11 is 0. The summed E-state index contributed by atoms with van der Waals surface area (Å²) < 4.78 is 0. The van der Waals surface area contributed by atoms with Crippen LogP contribution in [-0.4, -0.2) is 13.6 Å². The largest absolute Gasteiger partial charge is 0.0763 e. The van der Waals surface area contributed by atoms with E-state index in [9.17, 15) is 0 Å². The predicted molar refractivity (Wildman–Crippen MR) is 84.6 cm³/mol. The quantitative estimate of drug-likeness (QED) is 0.597. The fourth-order valence-corrected chi connectivity index (χ4v) is 3.43. The molecule has 0 nitrogen and oxygen atoms in total. The van der Waals surface area contributed by atoms with Gasteiger partial charge in [0.1, 0.15) is 0 Å². The lowest BCUT2D eigenvalue weighted by atomic mass is 9.87. The topological polar surface area (TPSA) is 0 Å². The van der Waals surface area contributed by atoms with Crippen LogP contribution in [0.2, 0.25) is 13.1 Å². The number of hydrogen-bond acceptors (Lipinski definition) is 0. The minimum Gasteiger partial charge on any atom is -0.0763 e. The number of rotatable bonds is 1. The zero-order valence-corrected chi connectivity index (χ0v) is 13.5. The van der Waals surface area contributed by atoms with Crippen molar-refractivity contribution < 1.29 is 0 Å². The van der Waals surface area contributed by atoms with Gasteiger partial charge in [0.05, 0.1) is 0 Å². The van der Waals surface area contributed by atoms with E-state index in [1.807, 2.05) is 0 Å². The predicted octanol–water partition coefficient (Wildman–Crippen LogP) is 4.68. The first-order valence-electron chi connectivity index (χ1n) is 6.78. The van der Waals surface area contributed by atoms with Gasteiger partial charge >= 0.3 is 0 Å². The lowest BCUT2D eigenvalue weighted by Gasteiger charge is -2.18. The van der Waals surface area contributed by atoms with Gasteiger partial charge in [0.25, 0.3) is 0 Å². The second kappa shape index (κ2) is 4.62. The summed E-state index contributed by atoms with van der Waals surface area (Å²) in [5.74, 6) is 0. The van der Waals surface area contributed by atoms with Crippen LogP contribution in [0, 0.1) is 5.41 Å². The first-order chi connectivity index (χ1) is 8.29. The van der Waals surface area contributed by atoms with E-state index >= 15 is 0 Å². The Bertz CT molecular complexity index is 524. The van der Waals surface area contributed by atoms with Crippen molar-refractivity contribution in [3.8, 4) is 0 Å². The van der Waals surface area contributed by atoms with E-state index in [2.05, 4.69) is 65.1 Å². The Balaban J connectivity index is 2.31. The van der Waals surface area contributed by atoms with Crippen LogP contribution in [0.3, 0.4) is 0 Å². The smallest absolute Gasteiger partial charge is 0.0128 e. The molecule has 0 radical (unpaired) electrons. The molecule has 0 aliphatic heterocycles. The molecule has 0 saturated heterocycles. The highest BCUT2D eigenvalue weighted by Gasteiger charge is 2.22. The zero-order valence-electron chi connectivity index (χ0n) is 12.5. The zero-order chi connectivity index (χ0) is 13.5. The first kappa shape index (κ1) is 13.5. The molecule has 0 bridgehead atoms. The second-order valence-electron chi connectivity index (χ2n) is 6.62. The van der Waals surface area contributed by atoms with Gasteiger partial charge in [0.15, 0.2) is 0 Å². The van der Waals surface area contributed by atoms with Crippen molar-refractivity contribution in [3.63, 3.8) is 0 Å². The third-order valence-electron chi connectivity index (χ3n) is 3.76. The standard InChI is InChI=1S/C17H24Si/c1-12-9-15(18(5)6)11-16(12)13-7-8-14(10-13)17(2,3)4/h8-11H,7H2,1-6H3. The van der Waals surface area contributed by atoms with E-state index in [0.29, 0.717) is 0 Å². The summed E-state index contributed by atoms with van der Waals surface area (Å²) in [4.78, 5) is 0. The summed E-state index contributed by atoms with van der Waals surface area (Å²) in [7, 11) is -0.328. The maximum Gasteiger partial charge on any atom is 0.0128 e. The molecule has 0 amide bonds. The van der Waals surface area contributed by atoms with Crippen molar-refractivity contribution in [1.29, 1.82) is 0 Å². The molecule has 0 fully saturated rings. The average molecular weight is 256 g/mol. The van der Waals surface area contributed by atoms with Crippen LogP contribution in [0.4, 0.5) is 0 Å². The normalized spacial score (nSPS) is 19.6. The van der Waals surface area contributed by atoms with E-state index in [0.717, 1.165) is 6.42 Å². The van der Waals surface area contributed by atoms with Gasteiger partial charge in [-0.15, -0.1) is 0 Å². The monoisotopic (exact) mass is 256 g/mol. The van der Waals surface area contributed by atoms with Crippen LogP contribution in [-0.2, 0) is 0 Å². The van der Waals surface area contributed by atoms with Crippen molar-refractivity contribution >= 4 is 13.6 Å². The molecule has 0 atom stereocenters. The van der Waals surface area contributed by atoms with Crippen molar-refractivity contribution in [2.75, 3.05) is 0 Å². The maximum atomic E-state index is 2.43. The first-order valence-corrected chi connectivity index (χ1v) is 9.28. The van der Waals surface area contributed by atoms with Gasteiger partial charge in [-0.3, -0.25) is 0 Å². The Morgan fingerprint density at radius 2 is 1.72 bits per heavy atom. The van der Waals surface area contributed by atoms with E-state index < -0.39 is 0 Å².